The number of rotatable bonds is 2. The summed E-state index contributed by atoms with van der Waals surface area (Å²) < 4.78 is 5.50. The Morgan fingerprint density at radius 3 is 2.31 bits per heavy atom. The Balaban J connectivity index is 2.15. The van der Waals surface area contributed by atoms with E-state index in [1.54, 1.807) is 42.6 Å². The van der Waals surface area contributed by atoms with Crippen molar-refractivity contribution in [1.82, 2.24) is 4.98 Å². The number of nitriles is 1. The highest BCUT2D eigenvalue weighted by Crippen LogP contribution is 2.21. The maximum absolute atomic E-state index is 8.63. The fraction of sp³-hybridized carbons (Fsp3) is 0. The molecule has 0 spiro atoms. The second-order valence-corrected chi connectivity index (χ2v) is 3.44. The molecule has 0 radical (unpaired) electrons. The molecule has 0 saturated carbocycles. The quantitative estimate of drug-likeness (QED) is 0.743. The Morgan fingerprint density at radius 2 is 1.75 bits per heavy atom. The van der Waals surface area contributed by atoms with Crippen molar-refractivity contribution in [3.05, 3.63) is 53.3 Å². The van der Waals surface area contributed by atoms with Gasteiger partial charge in [0.2, 0.25) is 0 Å². The maximum Gasteiger partial charge on any atom is 0.145 e. The van der Waals surface area contributed by atoms with Crippen LogP contribution in [0.3, 0.4) is 0 Å². The third-order valence-corrected chi connectivity index (χ3v) is 2.14. The number of ether oxygens (including phenoxy) is 1. The minimum Gasteiger partial charge on any atom is -0.456 e. The van der Waals surface area contributed by atoms with E-state index < -0.39 is 0 Å². The lowest BCUT2D eigenvalue weighted by molar-refractivity contribution is 0.480. The van der Waals surface area contributed by atoms with E-state index >= 15 is 0 Å². The first-order chi connectivity index (χ1) is 7.78. The lowest BCUT2D eigenvalue weighted by atomic mass is 10.2. The predicted molar refractivity (Wildman–Crippen MR) is 60.5 cm³/mol. The second kappa shape index (κ2) is 4.65. The van der Waals surface area contributed by atoms with Crippen molar-refractivity contribution in [1.29, 1.82) is 5.26 Å². The van der Waals surface area contributed by atoms with E-state index in [2.05, 4.69) is 4.98 Å². The van der Waals surface area contributed by atoms with Crippen LogP contribution in [-0.4, -0.2) is 4.98 Å². The van der Waals surface area contributed by atoms with E-state index in [1.165, 1.54) is 0 Å². The summed E-state index contributed by atoms with van der Waals surface area (Å²) in [6.45, 7) is 0. The number of hydrogen-bond donors (Lipinski definition) is 0. The van der Waals surface area contributed by atoms with E-state index in [-0.39, 0.29) is 0 Å². The lowest BCUT2D eigenvalue weighted by Gasteiger charge is -2.04. The molecule has 0 aliphatic rings. The Labute approximate surface area is 97.9 Å². The standard InChI is InChI=1S/C12H7ClN2O/c13-12-6-5-11(8-15-12)16-10-3-1-9(7-14)2-4-10/h1-6,8H. The summed E-state index contributed by atoms with van der Waals surface area (Å²) in [5.74, 6) is 1.26. The molecule has 0 amide bonds. The van der Waals surface area contributed by atoms with E-state index in [0.717, 1.165) is 0 Å². The maximum atomic E-state index is 8.63. The molecule has 1 aromatic heterocycles. The van der Waals surface area contributed by atoms with Gasteiger partial charge in [0, 0.05) is 0 Å². The number of nitrogens with zero attached hydrogens (tertiary/aromatic N) is 2. The van der Waals surface area contributed by atoms with Gasteiger partial charge < -0.3 is 4.74 Å². The molecule has 1 aromatic carbocycles. The van der Waals surface area contributed by atoms with Crippen molar-refractivity contribution in [2.75, 3.05) is 0 Å². The van der Waals surface area contributed by atoms with Crippen LogP contribution < -0.4 is 4.74 Å². The molecule has 1 heterocycles. The van der Waals surface area contributed by atoms with Crippen molar-refractivity contribution in [3.63, 3.8) is 0 Å². The van der Waals surface area contributed by atoms with Gasteiger partial charge in [-0.05, 0) is 36.4 Å². The predicted octanol–water partition coefficient (Wildman–Crippen LogP) is 3.40. The van der Waals surface area contributed by atoms with Gasteiger partial charge in [-0.15, -0.1) is 0 Å². The van der Waals surface area contributed by atoms with Crippen molar-refractivity contribution >= 4 is 11.6 Å². The van der Waals surface area contributed by atoms with E-state index in [9.17, 15) is 0 Å². The van der Waals surface area contributed by atoms with Gasteiger partial charge in [-0.3, -0.25) is 0 Å². The van der Waals surface area contributed by atoms with Gasteiger partial charge in [0.15, 0.2) is 0 Å². The Hall–Kier alpha value is -2.05. The Kier molecular flexibility index (Phi) is 3.04. The third-order valence-electron chi connectivity index (χ3n) is 1.92. The molecule has 0 unspecified atom stereocenters. The monoisotopic (exact) mass is 230 g/mol. The van der Waals surface area contributed by atoms with E-state index in [1.807, 2.05) is 6.07 Å². The molecule has 2 aromatic rings. The SMILES string of the molecule is N#Cc1ccc(Oc2ccc(Cl)nc2)cc1. The van der Waals surface area contributed by atoms with Crippen LogP contribution in [0.5, 0.6) is 11.5 Å². The van der Waals surface area contributed by atoms with Crippen LogP contribution in [0.2, 0.25) is 5.15 Å². The summed E-state index contributed by atoms with van der Waals surface area (Å²) in [5.41, 5.74) is 0.599. The summed E-state index contributed by atoms with van der Waals surface area (Å²) in [6.07, 6.45) is 1.54. The average molecular weight is 231 g/mol. The van der Waals surface area contributed by atoms with Gasteiger partial charge in [0.05, 0.1) is 17.8 Å². The van der Waals surface area contributed by atoms with Gasteiger partial charge in [0.1, 0.15) is 16.7 Å². The first kappa shape index (κ1) is 10.5. The summed E-state index contributed by atoms with van der Waals surface area (Å²) in [4.78, 5) is 3.90. The van der Waals surface area contributed by atoms with Crippen molar-refractivity contribution < 1.29 is 4.74 Å². The molecule has 0 N–H and O–H groups in total. The molecule has 0 bridgehead atoms. The zero-order valence-electron chi connectivity index (χ0n) is 8.22. The van der Waals surface area contributed by atoms with E-state index in [0.29, 0.717) is 22.2 Å². The van der Waals surface area contributed by atoms with Crippen molar-refractivity contribution in [2.24, 2.45) is 0 Å². The number of benzene rings is 1. The normalized spacial score (nSPS) is 9.50. The highest BCUT2D eigenvalue weighted by atomic mass is 35.5. The molecule has 0 saturated heterocycles. The van der Waals surface area contributed by atoms with Gasteiger partial charge in [0.25, 0.3) is 0 Å². The highest BCUT2D eigenvalue weighted by Gasteiger charge is 1.98. The molecule has 78 valence electrons. The van der Waals surface area contributed by atoms with Crippen molar-refractivity contribution in [3.8, 4) is 17.6 Å². The fourth-order valence-corrected chi connectivity index (χ4v) is 1.27. The zero-order valence-corrected chi connectivity index (χ0v) is 8.98. The smallest absolute Gasteiger partial charge is 0.145 e. The minimum atomic E-state index is 0.423. The molecule has 3 nitrogen and oxygen atoms in total. The zero-order chi connectivity index (χ0) is 11.4. The molecule has 2 rings (SSSR count). The van der Waals surface area contributed by atoms with E-state index in [4.69, 9.17) is 21.6 Å². The number of hydrogen-bond acceptors (Lipinski definition) is 3. The number of aromatic nitrogens is 1. The molecule has 0 aliphatic heterocycles. The Morgan fingerprint density at radius 1 is 1.06 bits per heavy atom. The molecule has 0 atom stereocenters. The first-order valence-electron chi connectivity index (χ1n) is 4.57. The van der Waals surface area contributed by atoms with Crippen LogP contribution in [0.15, 0.2) is 42.6 Å². The summed E-state index contributed by atoms with van der Waals surface area (Å²) in [7, 11) is 0. The van der Waals surface area contributed by atoms with Crippen LogP contribution in [0, 0.1) is 11.3 Å². The summed E-state index contributed by atoms with van der Waals surface area (Å²) in [6, 6.07) is 12.3. The summed E-state index contributed by atoms with van der Waals surface area (Å²) >= 11 is 5.65. The number of pyridine rings is 1. The molecule has 0 aliphatic carbocycles. The molecule has 0 fully saturated rings. The van der Waals surface area contributed by atoms with Crippen LogP contribution in [0.4, 0.5) is 0 Å². The van der Waals surface area contributed by atoms with Gasteiger partial charge in [-0.2, -0.15) is 5.26 Å². The average Bonchev–Trinajstić information content (AvgIpc) is 2.33. The minimum absolute atomic E-state index is 0.423. The van der Waals surface area contributed by atoms with Gasteiger partial charge in [-0.25, -0.2) is 4.98 Å². The van der Waals surface area contributed by atoms with Gasteiger partial charge in [-0.1, -0.05) is 11.6 Å². The highest BCUT2D eigenvalue weighted by molar-refractivity contribution is 6.29. The van der Waals surface area contributed by atoms with Crippen LogP contribution in [-0.2, 0) is 0 Å². The molecule has 16 heavy (non-hydrogen) atoms. The number of halogens is 1. The third kappa shape index (κ3) is 2.50. The van der Waals surface area contributed by atoms with Crippen LogP contribution >= 0.6 is 11.6 Å². The second-order valence-electron chi connectivity index (χ2n) is 3.05. The summed E-state index contributed by atoms with van der Waals surface area (Å²) in [5, 5.41) is 9.06. The lowest BCUT2D eigenvalue weighted by Crippen LogP contribution is -1.85. The topological polar surface area (TPSA) is 45.9 Å². The molecule has 4 heteroatoms. The largest absolute Gasteiger partial charge is 0.456 e. The molecular formula is C12H7ClN2O. The van der Waals surface area contributed by atoms with Crippen LogP contribution in [0.1, 0.15) is 5.56 Å². The van der Waals surface area contributed by atoms with Crippen molar-refractivity contribution in [2.45, 2.75) is 0 Å². The molecular weight excluding hydrogens is 224 g/mol. The van der Waals surface area contributed by atoms with Gasteiger partial charge >= 0.3 is 0 Å². The Bertz CT molecular complexity index is 514. The van der Waals surface area contributed by atoms with Crippen LogP contribution in [0.25, 0.3) is 0 Å². The fourth-order valence-electron chi connectivity index (χ4n) is 1.16. The first-order valence-corrected chi connectivity index (χ1v) is 4.95.